The van der Waals surface area contributed by atoms with Crippen molar-refractivity contribution in [3.63, 3.8) is 0 Å². The molecule has 0 aliphatic carbocycles. The molecule has 0 bridgehead atoms. The molecule has 0 spiro atoms. The molecule has 0 saturated carbocycles. The molecule has 2 rings (SSSR count). The van der Waals surface area contributed by atoms with E-state index in [-0.39, 0.29) is 0 Å². The fourth-order valence-electron chi connectivity index (χ4n) is 2.50. The van der Waals surface area contributed by atoms with Crippen LogP contribution in [0.3, 0.4) is 0 Å². The summed E-state index contributed by atoms with van der Waals surface area (Å²) in [7, 11) is 2.28. The van der Waals surface area contributed by atoms with Crippen LogP contribution in [-0.2, 0) is 0 Å². The molecule has 1 radical (unpaired) electrons. The third-order valence-corrected chi connectivity index (χ3v) is 3.54. The van der Waals surface area contributed by atoms with Crippen molar-refractivity contribution in [1.29, 1.82) is 0 Å². The van der Waals surface area contributed by atoms with Crippen molar-refractivity contribution in [2.75, 3.05) is 46.3 Å². The van der Waals surface area contributed by atoms with Crippen LogP contribution < -0.4 is 5.32 Å². The predicted octanol–water partition coefficient (Wildman–Crippen LogP) is 0.391. The highest BCUT2D eigenvalue weighted by atomic mass is 15.2. The number of likely N-dealkylation sites (tertiary alicyclic amines) is 1. The van der Waals surface area contributed by atoms with Gasteiger partial charge in [-0.25, -0.2) is 5.32 Å². The molecule has 2 fully saturated rings. The molecule has 0 aromatic heterocycles. The summed E-state index contributed by atoms with van der Waals surface area (Å²) in [5.74, 6) is 0. The van der Waals surface area contributed by atoms with Gasteiger partial charge in [-0.15, -0.1) is 0 Å². The standard InChI is InChI=1S/C11H22N3/c1-13-7-3-2-4-11(13)10-14-8-5-12-6-9-14/h11H,2-10H2,1H3/t11-/m1/s1. The fraction of sp³-hybridized carbons (Fsp3) is 1.00. The lowest BCUT2D eigenvalue weighted by atomic mass is 10.0. The van der Waals surface area contributed by atoms with E-state index in [1.54, 1.807) is 0 Å². The van der Waals surface area contributed by atoms with E-state index in [0.29, 0.717) is 0 Å². The van der Waals surface area contributed by atoms with Crippen molar-refractivity contribution >= 4 is 0 Å². The zero-order valence-corrected chi connectivity index (χ0v) is 9.28. The van der Waals surface area contributed by atoms with Crippen molar-refractivity contribution in [2.24, 2.45) is 0 Å². The molecule has 3 nitrogen and oxygen atoms in total. The molecule has 81 valence electrons. The van der Waals surface area contributed by atoms with Gasteiger partial charge in [-0.05, 0) is 26.4 Å². The maximum atomic E-state index is 4.38. The van der Waals surface area contributed by atoms with Crippen LogP contribution in [0.4, 0.5) is 0 Å². The number of rotatable bonds is 2. The van der Waals surface area contributed by atoms with Gasteiger partial charge in [0.1, 0.15) is 0 Å². The smallest absolute Gasteiger partial charge is 0.0261 e. The molecule has 0 aromatic carbocycles. The Morgan fingerprint density at radius 1 is 1.14 bits per heavy atom. The lowest BCUT2D eigenvalue weighted by Crippen LogP contribution is -2.49. The monoisotopic (exact) mass is 196 g/mol. The molecule has 0 aromatic rings. The average Bonchev–Trinajstić information content (AvgIpc) is 2.23. The molecule has 2 aliphatic heterocycles. The number of piperazine rings is 1. The summed E-state index contributed by atoms with van der Waals surface area (Å²) in [4.78, 5) is 5.12. The first-order valence-electron chi connectivity index (χ1n) is 5.92. The summed E-state index contributed by atoms with van der Waals surface area (Å²) in [6, 6.07) is 0.807. The van der Waals surface area contributed by atoms with E-state index >= 15 is 0 Å². The molecule has 1 atom stereocenters. The van der Waals surface area contributed by atoms with Gasteiger partial charge in [0.15, 0.2) is 0 Å². The summed E-state index contributed by atoms with van der Waals surface area (Å²) < 4.78 is 0. The Kier molecular flexibility index (Phi) is 3.79. The van der Waals surface area contributed by atoms with Crippen LogP contribution >= 0.6 is 0 Å². The molecule has 0 unspecified atom stereocenters. The average molecular weight is 196 g/mol. The van der Waals surface area contributed by atoms with Crippen LogP contribution in [0.2, 0.25) is 0 Å². The summed E-state index contributed by atoms with van der Waals surface area (Å²) in [6.45, 7) is 7.04. The Balaban J connectivity index is 1.76. The van der Waals surface area contributed by atoms with Crippen LogP contribution in [0.15, 0.2) is 0 Å². The Morgan fingerprint density at radius 3 is 2.64 bits per heavy atom. The van der Waals surface area contributed by atoms with Crippen LogP contribution in [-0.4, -0.2) is 62.2 Å². The lowest BCUT2D eigenvalue weighted by Gasteiger charge is -2.37. The van der Waals surface area contributed by atoms with Gasteiger partial charge in [0, 0.05) is 38.8 Å². The first-order valence-corrected chi connectivity index (χ1v) is 5.92. The molecular weight excluding hydrogens is 174 g/mol. The van der Waals surface area contributed by atoms with Gasteiger partial charge in [-0.1, -0.05) is 6.42 Å². The molecule has 3 heteroatoms. The number of piperidine rings is 1. The number of hydrogen-bond acceptors (Lipinski definition) is 2. The molecule has 0 amide bonds. The van der Waals surface area contributed by atoms with Crippen molar-refractivity contribution in [1.82, 2.24) is 15.1 Å². The Morgan fingerprint density at radius 2 is 1.93 bits per heavy atom. The fourth-order valence-corrected chi connectivity index (χ4v) is 2.50. The SMILES string of the molecule is CN1CCCC[C@@H]1CN1CC[N]CC1. The third kappa shape index (κ3) is 2.69. The lowest BCUT2D eigenvalue weighted by molar-refractivity contribution is 0.120. The second-order valence-corrected chi connectivity index (χ2v) is 4.60. The minimum atomic E-state index is 0.807. The van der Waals surface area contributed by atoms with E-state index in [9.17, 15) is 0 Å². The first kappa shape index (κ1) is 10.4. The molecule has 0 N–H and O–H groups in total. The van der Waals surface area contributed by atoms with E-state index in [1.165, 1.54) is 45.4 Å². The van der Waals surface area contributed by atoms with Gasteiger partial charge in [0.2, 0.25) is 0 Å². The van der Waals surface area contributed by atoms with Crippen LogP contribution in [0.25, 0.3) is 0 Å². The summed E-state index contributed by atoms with van der Waals surface area (Å²) in [5.41, 5.74) is 0. The minimum Gasteiger partial charge on any atom is -0.302 e. The van der Waals surface area contributed by atoms with Gasteiger partial charge in [-0.3, -0.25) is 4.90 Å². The Bertz CT molecular complexity index is 166. The van der Waals surface area contributed by atoms with E-state index in [4.69, 9.17) is 0 Å². The van der Waals surface area contributed by atoms with Crippen molar-refractivity contribution in [2.45, 2.75) is 25.3 Å². The van der Waals surface area contributed by atoms with Crippen LogP contribution in [0, 0.1) is 0 Å². The maximum absolute atomic E-state index is 4.38. The summed E-state index contributed by atoms with van der Waals surface area (Å²) >= 11 is 0. The highest BCUT2D eigenvalue weighted by molar-refractivity contribution is 4.79. The van der Waals surface area contributed by atoms with Crippen molar-refractivity contribution < 1.29 is 0 Å². The quantitative estimate of drug-likeness (QED) is 0.637. The highest BCUT2D eigenvalue weighted by Gasteiger charge is 2.22. The third-order valence-electron chi connectivity index (χ3n) is 3.54. The number of hydrogen-bond donors (Lipinski definition) is 0. The largest absolute Gasteiger partial charge is 0.302 e. The van der Waals surface area contributed by atoms with Gasteiger partial charge < -0.3 is 4.90 Å². The zero-order chi connectivity index (χ0) is 9.80. The normalized spacial score (nSPS) is 31.9. The van der Waals surface area contributed by atoms with E-state index < -0.39 is 0 Å². The first-order chi connectivity index (χ1) is 6.86. The number of likely N-dealkylation sites (N-methyl/N-ethyl adjacent to an activating group) is 1. The van der Waals surface area contributed by atoms with Gasteiger partial charge in [0.25, 0.3) is 0 Å². The topological polar surface area (TPSA) is 20.6 Å². The Labute approximate surface area is 87.4 Å². The van der Waals surface area contributed by atoms with E-state index in [2.05, 4.69) is 22.2 Å². The summed E-state index contributed by atoms with van der Waals surface area (Å²) in [6.07, 6.45) is 4.21. The predicted molar refractivity (Wildman–Crippen MR) is 58.6 cm³/mol. The van der Waals surface area contributed by atoms with Gasteiger partial charge >= 0.3 is 0 Å². The molecule has 2 saturated heterocycles. The zero-order valence-electron chi connectivity index (χ0n) is 9.28. The minimum absolute atomic E-state index is 0.807. The van der Waals surface area contributed by atoms with E-state index in [1.807, 2.05) is 0 Å². The highest BCUT2D eigenvalue weighted by Crippen LogP contribution is 2.16. The van der Waals surface area contributed by atoms with Gasteiger partial charge in [0.05, 0.1) is 0 Å². The van der Waals surface area contributed by atoms with Gasteiger partial charge in [-0.2, -0.15) is 0 Å². The van der Waals surface area contributed by atoms with Crippen LogP contribution in [0.1, 0.15) is 19.3 Å². The molecule has 2 heterocycles. The molecular formula is C11H22N3. The maximum Gasteiger partial charge on any atom is 0.0261 e. The number of nitrogens with zero attached hydrogens (tertiary/aromatic N) is 3. The van der Waals surface area contributed by atoms with Crippen molar-refractivity contribution in [3.8, 4) is 0 Å². The summed E-state index contributed by atoms with van der Waals surface area (Å²) in [5, 5.41) is 4.38. The second kappa shape index (κ2) is 5.10. The molecule has 2 aliphatic rings. The molecule has 14 heavy (non-hydrogen) atoms. The Hall–Kier alpha value is -0.120. The van der Waals surface area contributed by atoms with Crippen LogP contribution in [0.5, 0.6) is 0 Å². The van der Waals surface area contributed by atoms with E-state index in [0.717, 1.165) is 19.1 Å². The second-order valence-electron chi connectivity index (χ2n) is 4.60. The van der Waals surface area contributed by atoms with Crippen molar-refractivity contribution in [3.05, 3.63) is 0 Å².